The van der Waals surface area contributed by atoms with Gasteiger partial charge in [0.2, 0.25) is 5.78 Å². The molecule has 0 spiro atoms. The molecule has 0 radical (unpaired) electrons. The second-order valence-corrected chi connectivity index (χ2v) is 4.30. The number of benzene rings is 2. The van der Waals surface area contributed by atoms with Crippen LogP contribution < -0.4 is 0 Å². The molecule has 0 amide bonds. The van der Waals surface area contributed by atoms with Crippen LogP contribution in [0.25, 0.3) is 0 Å². The van der Waals surface area contributed by atoms with Crippen LogP contribution in [-0.2, 0) is 11.4 Å². The first kappa shape index (κ1) is 13.3. The fourth-order valence-electron chi connectivity index (χ4n) is 1.46. The van der Waals surface area contributed by atoms with Crippen molar-refractivity contribution >= 4 is 23.6 Å². The van der Waals surface area contributed by atoms with Gasteiger partial charge in [0, 0.05) is 10.6 Å². The van der Waals surface area contributed by atoms with Crippen LogP contribution in [0.4, 0.5) is 0 Å². The monoisotopic (exact) mass is 273 g/mol. The van der Waals surface area contributed by atoms with Crippen molar-refractivity contribution in [2.24, 2.45) is 5.16 Å². The summed E-state index contributed by atoms with van der Waals surface area (Å²) in [5, 5.41) is 4.25. The summed E-state index contributed by atoms with van der Waals surface area (Å²) >= 11 is 5.74. The third-order valence-electron chi connectivity index (χ3n) is 2.45. The molecule has 4 heteroatoms. The second kappa shape index (κ2) is 6.71. The standard InChI is InChI=1S/C15H12ClNO2/c16-14-8-6-13(7-9-14)15(18)10-17-19-11-12-4-2-1-3-5-12/h1-10H,11H2/b17-10+. The highest BCUT2D eigenvalue weighted by Crippen LogP contribution is 2.09. The number of Topliss-reactive ketones (excluding diaryl/α,β-unsaturated/α-hetero) is 1. The Bertz CT molecular complexity index is 564. The van der Waals surface area contributed by atoms with E-state index in [9.17, 15) is 4.79 Å². The van der Waals surface area contributed by atoms with Gasteiger partial charge in [-0.1, -0.05) is 47.1 Å². The van der Waals surface area contributed by atoms with Gasteiger partial charge in [0.25, 0.3) is 0 Å². The van der Waals surface area contributed by atoms with E-state index in [0.29, 0.717) is 17.2 Å². The van der Waals surface area contributed by atoms with Crippen molar-refractivity contribution in [3.8, 4) is 0 Å². The maximum Gasteiger partial charge on any atom is 0.207 e. The second-order valence-electron chi connectivity index (χ2n) is 3.86. The minimum absolute atomic E-state index is 0.218. The van der Waals surface area contributed by atoms with Crippen LogP contribution in [0, 0.1) is 0 Å². The number of carbonyl (C=O) groups excluding carboxylic acids is 1. The van der Waals surface area contributed by atoms with Crippen molar-refractivity contribution in [1.82, 2.24) is 0 Å². The van der Waals surface area contributed by atoms with Gasteiger partial charge in [-0.2, -0.15) is 0 Å². The Balaban J connectivity index is 1.85. The number of hydrogen-bond acceptors (Lipinski definition) is 3. The summed E-state index contributed by atoms with van der Waals surface area (Å²) in [6.07, 6.45) is 1.16. The zero-order valence-electron chi connectivity index (χ0n) is 10.1. The van der Waals surface area contributed by atoms with E-state index in [1.54, 1.807) is 24.3 Å². The van der Waals surface area contributed by atoms with Gasteiger partial charge >= 0.3 is 0 Å². The van der Waals surface area contributed by atoms with Crippen LogP contribution in [0.3, 0.4) is 0 Å². The van der Waals surface area contributed by atoms with Crippen LogP contribution in [0.1, 0.15) is 15.9 Å². The Kier molecular flexibility index (Phi) is 4.70. The molecule has 0 unspecified atom stereocenters. The largest absolute Gasteiger partial charge is 0.391 e. The van der Waals surface area contributed by atoms with Gasteiger partial charge in [0.1, 0.15) is 12.8 Å². The molecule has 0 atom stereocenters. The van der Waals surface area contributed by atoms with Gasteiger partial charge in [0.15, 0.2) is 0 Å². The topological polar surface area (TPSA) is 38.7 Å². The van der Waals surface area contributed by atoms with Crippen LogP contribution in [-0.4, -0.2) is 12.0 Å². The van der Waals surface area contributed by atoms with Crippen molar-refractivity contribution < 1.29 is 9.63 Å². The maximum atomic E-state index is 11.7. The van der Waals surface area contributed by atoms with Crippen molar-refractivity contribution in [1.29, 1.82) is 0 Å². The third kappa shape index (κ3) is 4.23. The van der Waals surface area contributed by atoms with Crippen LogP contribution in [0.5, 0.6) is 0 Å². The van der Waals surface area contributed by atoms with Gasteiger partial charge < -0.3 is 4.84 Å². The van der Waals surface area contributed by atoms with E-state index in [0.717, 1.165) is 11.8 Å². The number of oxime groups is 1. The third-order valence-corrected chi connectivity index (χ3v) is 2.70. The minimum Gasteiger partial charge on any atom is -0.391 e. The summed E-state index contributed by atoms with van der Waals surface area (Å²) < 4.78 is 0. The van der Waals surface area contributed by atoms with Crippen LogP contribution in [0.2, 0.25) is 5.02 Å². The van der Waals surface area contributed by atoms with Gasteiger partial charge in [-0.25, -0.2) is 0 Å². The molecule has 19 heavy (non-hydrogen) atoms. The van der Waals surface area contributed by atoms with Crippen molar-refractivity contribution in [2.75, 3.05) is 0 Å². The SMILES string of the molecule is O=C(/C=N/OCc1ccccc1)c1ccc(Cl)cc1. The fraction of sp³-hybridized carbons (Fsp3) is 0.0667. The highest BCUT2D eigenvalue weighted by molar-refractivity contribution is 6.35. The Morgan fingerprint density at radius 2 is 1.79 bits per heavy atom. The van der Waals surface area contributed by atoms with Gasteiger partial charge in [-0.15, -0.1) is 0 Å². The van der Waals surface area contributed by atoms with Crippen molar-refractivity contribution in [2.45, 2.75) is 6.61 Å². The molecule has 0 fully saturated rings. The number of rotatable bonds is 5. The molecular formula is C15H12ClNO2. The summed E-state index contributed by atoms with van der Waals surface area (Å²) in [5.74, 6) is -0.218. The molecule has 3 nitrogen and oxygen atoms in total. The van der Waals surface area contributed by atoms with E-state index in [-0.39, 0.29) is 5.78 Å². The number of carbonyl (C=O) groups is 1. The highest BCUT2D eigenvalue weighted by Gasteiger charge is 2.01. The molecule has 0 aromatic heterocycles. The molecule has 0 aliphatic rings. The quantitative estimate of drug-likeness (QED) is 0.473. The fourth-order valence-corrected chi connectivity index (χ4v) is 1.59. The van der Waals surface area contributed by atoms with Gasteiger partial charge in [-0.3, -0.25) is 4.79 Å². The zero-order valence-corrected chi connectivity index (χ0v) is 10.9. The zero-order chi connectivity index (χ0) is 13.5. The number of hydrogen-bond donors (Lipinski definition) is 0. The Morgan fingerprint density at radius 1 is 1.11 bits per heavy atom. The van der Waals surface area contributed by atoms with E-state index in [4.69, 9.17) is 16.4 Å². The van der Waals surface area contributed by atoms with E-state index in [2.05, 4.69) is 5.16 Å². The Labute approximate surface area is 116 Å². The lowest BCUT2D eigenvalue weighted by Gasteiger charge is -1.99. The average molecular weight is 274 g/mol. The molecule has 0 N–H and O–H groups in total. The van der Waals surface area contributed by atoms with E-state index >= 15 is 0 Å². The van der Waals surface area contributed by atoms with Gasteiger partial charge in [0.05, 0.1) is 0 Å². The van der Waals surface area contributed by atoms with Crippen LogP contribution in [0.15, 0.2) is 59.8 Å². The van der Waals surface area contributed by atoms with Crippen molar-refractivity contribution in [3.63, 3.8) is 0 Å². The Hall–Kier alpha value is -2.13. The highest BCUT2D eigenvalue weighted by atomic mass is 35.5. The molecule has 96 valence electrons. The molecule has 2 aromatic carbocycles. The first-order valence-electron chi connectivity index (χ1n) is 5.75. The first-order valence-corrected chi connectivity index (χ1v) is 6.12. The number of nitrogens with zero attached hydrogens (tertiary/aromatic N) is 1. The molecule has 0 heterocycles. The summed E-state index contributed by atoms with van der Waals surface area (Å²) in [5.41, 5.74) is 1.52. The first-order chi connectivity index (χ1) is 9.25. The minimum atomic E-state index is -0.218. The normalized spacial score (nSPS) is 10.6. The maximum absolute atomic E-state index is 11.7. The molecule has 0 aliphatic carbocycles. The molecule has 2 rings (SSSR count). The predicted molar refractivity (Wildman–Crippen MR) is 75.5 cm³/mol. The lowest BCUT2D eigenvalue weighted by Crippen LogP contribution is -2.00. The van der Waals surface area contributed by atoms with Crippen molar-refractivity contribution in [3.05, 3.63) is 70.7 Å². The lowest BCUT2D eigenvalue weighted by atomic mass is 10.1. The molecule has 0 bridgehead atoms. The molecule has 0 aliphatic heterocycles. The summed E-state index contributed by atoms with van der Waals surface area (Å²) in [6.45, 7) is 0.339. The smallest absolute Gasteiger partial charge is 0.207 e. The van der Waals surface area contributed by atoms with Gasteiger partial charge in [-0.05, 0) is 29.8 Å². The Morgan fingerprint density at radius 3 is 2.47 bits per heavy atom. The predicted octanol–water partition coefficient (Wildman–Crippen LogP) is 3.73. The van der Waals surface area contributed by atoms with E-state index in [1.165, 1.54) is 0 Å². The average Bonchev–Trinajstić information content (AvgIpc) is 2.45. The summed E-state index contributed by atoms with van der Waals surface area (Å²) in [6, 6.07) is 16.2. The molecule has 0 saturated carbocycles. The summed E-state index contributed by atoms with van der Waals surface area (Å²) in [4.78, 5) is 16.8. The summed E-state index contributed by atoms with van der Waals surface area (Å²) in [7, 11) is 0. The molecule has 2 aromatic rings. The number of halogens is 1. The number of ketones is 1. The van der Waals surface area contributed by atoms with E-state index in [1.807, 2.05) is 30.3 Å². The molecule has 0 saturated heterocycles. The van der Waals surface area contributed by atoms with E-state index < -0.39 is 0 Å². The lowest BCUT2D eigenvalue weighted by molar-refractivity contribution is 0.104. The molecular weight excluding hydrogens is 262 g/mol. The van der Waals surface area contributed by atoms with Crippen LogP contribution >= 0.6 is 11.6 Å².